The quantitative estimate of drug-likeness (QED) is 0.154. The molecular weight excluding hydrogens is 678 g/mol. The molecule has 0 aromatic heterocycles. The third-order valence-electron chi connectivity index (χ3n) is 16.6. The van der Waals surface area contributed by atoms with Crippen LogP contribution in [0.1, 0.15) is 91.0 Å². The van der Waals surface area contributed by atoms with Crippen molar-refractivity contribution in [1.29, 1.82) is 0 Å². The maximum atomic E-state index is 14.5. The summed E-state index contributed by atoms with van der Waals surface area (Å²) in [5.74, 6) is -4.26. The number of carbonyl (C=O) groups is 1. The van der Waals surface area contributed by atoms with Gasteiger partial charge < -0.3 is 50.9 Å². The van der Waals surface area contributed by atoms with E-state index in [9.17, 15) is 45.6 Å². The van der Waals surface area contributed by atoms with E-state index in [1.807, 2.05) is 27.7 Å². The monoisotopic (exact) mass is 737 g/mol. The normalized spacial score (nSPS) is 51.3. The second-order valence-corrected chi connectivity index (χ2v) is 18.7. The van der Waals surface area contributed by atoms with Gasteiger partial charge >= 0.3 is 0 Å². The van der Waals surface area contributed by atoms with Gasteiger partial charge in [-0.15, -0.1) is 0 Å². The Morgan fingerprint density at radius 2 is 1.70 bits per heavy atom. The van der Waals surface area contributed by atoms with Crippen LogP contribution in [0, 0.1) is 45.8 Å². The molecule has 53 heavy (non-hydrogen) atoms. The Bertz CT molecular complexity index is 1750. The Balaban J connectivity index is 1.23. The molecule has 2 bridgehead atoms. The highest BCUT2D eigenvalue weighted by molar-refractivity contribution is 5.96. The molecule has 1 saturated heterocycles. The summed E-state index contributed by atoms with van der Waals surface area (Å²) >= 11 is 0. The number of aromatic hydroxyl groups is 2. The van der Waals surface area contributed by atoms with Gasteiger partial charge in [-0.2, -0.15) is 0 Å². The molecule has 0 radical (unpaired) electrons. The summed E-state index contributed by atoms with van der Waals surface area (Å²) < 4.78 is 7.25. The maximum absolute atomic E-state index is 14.5. The van der Waals surface area contributed by atoms with Crippen LogP contribution >= 0.6 is 0 Å². The SMILES string of the molecule is CCNCC1=C[C@@]2(C)CC[C@@H]1[C@]1(O[C@H]3C[C@@]4(O)C5=CC(=O)[C@@H]6[C@@H](c7ccc(O)c(O)c7)[C@@H](O)[C@@H](O)C[C@]6(C)[C@H]5CC[C@]4(C)[C@H]3[C@]1(O)CCO)[C@@H](O)[C@H]2C. The molecule has 11 heteroatoms. The van der Waals surface area contributed by atoms with Crippen LogP contribution in [-0.4, -0.2) is 108 Å². The van der Waals surface area contributed by atoms with Gasteiger partial charge in [-0.25, -0.2) is 0 Å². The summed E-state index contributed by atoms with van der Waals surface area (Å²) in [5, 5.41) is 96.5. The van der Waals surface area contributed by atoms with Crippen LogP contribution in [0.15, 0.2) is 41.5 Å². The number of rotatable bonds is 6. The number of carbonyl (C=O) groups excluding carboxylic acids is 1. The molecule has 5 fully saturated rings. The predicted octanol–water partition coefficient (Wildman–Crippen LogP) is 2.82. The van der Waals surface area contributed by atoms with Crippen LogP contribution in [0.4, 0.5) is 0 Å². The Kier molecular flexibility index (Phi) is 8.56. The molecule has 11 nitrogen and oxygen atoms in total. The molecule has 1 aliphatic heterocycles. The lowest BCUT2D eigenvalue weighted by Crippen LogP contribution is -2.70. The van der Waals surface area contributed by atoms with Crippen molar-refractivity contribution in [2.24, 2.45) is 45.8 Å². The Hall–Kier alpha value is -2.35. The number of allylic oxidation sites excluding steroid dienone is 2. The van der Waals surface area contributed by atoms with E-state index >= 15 is 0 Å². The highest BCUT2D eigenvalue weighted by Crippen LogP contribution is 2.75. The average molecular weight is 738 g/mol. The predicted molar refractivity (Wildman–Crippen MR) is 195 cm³/mol. The number of likely N-dealkylation sites (N-methyl/N-ethyl adjacent to an activating group) is 1. The van der Waals surface area contributed by atoms with Gasteiger partial charge in [0.2, 0.25) is 0 Å². The van der Waals surface area contributed by atoms with Crippen molar-refractivity contribution in [3.05, 3.63) is 47.1 Å². The number of aliphatic hydroxyl groups is 6. The summed E-state index contributed by atoms with van der Waals surface area (Å²) in [6.07, 6.45) is 2.29. The number of hydrogen-bond acceptors (Lipinski definition) is 11. The fourth-order valence-electron chi connectivity index (χ4n) is 13.9. The fourth-order valence-corrected chi connectivity index (χ4v) is 13.9. The number of fused-ring (bicyclic) bond motifs is 9. The molecule has 292 valence electrons. The van der Waals surface area contributed by atoms with Crippen LogP contribution in [0.3, 0.4) is 0 Å². The molecule has 1 heterocycles. The van der Waals surface area contributed by atoms with Crippen LogP contribution < -0.4 is 5.32 Å². The van der Waals surface area contributed by atoms with Gasteiger partial charge in [0.25, 0.3) is 0 Å². The van der Waals surface area contributed by atoms with Gasteiger partial charge in [-0.05, 0) is 90.7 Å². The zero-order valence-electron chi connectivity index (χ0n) is 31.6. The molecule has 9 N–H and O–H groups in total. The van der Waals surface area contributed by atoms with Crippen molar-refractivity contribution >= 4 is 5.78 Å². The van der Waals surface area contributed by atoms with Crippen LogP contribution in [0.5, 0.6) is 11.5 Å². The molecule has 8 aliphatic rings. The Morgan fingerprint density at radius 1 is 0.981 bits per heavy atom. The summed E-state index contributed by atoms with van der Waals surface area (Å²) in [6.45, 7) is 11.2. The minimum absolute atomic E-state index is 0.0439. The van der Waals surface area contributed by atoms with Crippen LogP contribution in [0.25, 0.3) is 0 Å². The van der Waals surface area contributed by atoms with Crippen LogP contribution in [0.2, 0.25) is 0 Å². The first-order valence-electron chi connectivity index (χ1n) is 19.9. The molecule has 0 unspecified atom stereocenters. The number of phenolic OH excluding ortho intramolecular Hbond substituents is 2. The zero-order valence-corrected chi connectivity index (χ0v) is 31.6. The minimum Gasteiger partial charge on any atom is -0.504 e. The van der Waals surface area contributed by atoms with Gasteiger partial charge in [-0.1, -0.05) is 52.3 Å². The summed E-state index contributed by atoms with van der Waals surface area (Å²) in [4.78, 5) is 14.5. The van der Waals surface area contributed by atoms with Gasteiger partial charge in [-0.3, -0.25) is 4.79 Å². The first kappa shape index (κ1) is 37.6. The van der Waals surface area contributed by atoms with Crippen molar-refractivity contribution in [3.8, 4) is 11.5 Å². The molecule has 1 aromatic rings. The highest BCUT2D eigenvalue weighted by Gasteiger charge is 2.82. The largest absolute Gasteiger partial charge is 0.504 e. The smallest absolute Gasteiger partial charge is 0.160 e. The van der Waals surface area contributed by atoms with Gasteiger partial charge in [0.05, 0.1) is 30.0 Å². The summed E-state index contributed by atoms with van der Waals surface area (Å²) in [5.41, 5.74) is -4.86. The minimum atomic E-state index is -1.72. The van der Waals surface area contributed by atoms with E-state index in [-0.39, 0.29) is 66.3 Å². The molecule has 1 aromatic carbocycles. The maximum Gasteiger partial charge on any atom is 0.160 e. The van der Waals surface area contributed by atoms with Crippen molar-refractivity contribution in [2.45, 2.75) is 127 Å². The number of ketones is 1. The van der Waals surface area contributed by atoms with Gasteiger partial charge in [0, 0.05) is 55.1 Å². The van der Waals surface area contributed by atoms with E-state index in [1.165, 1.54) is 18.2 Å². The van der Waals surface area contributed by atoms with E-state index in [1.54, 1.807) is 6.07 Å². The molecule has 16 atom stereocenters. The number of benzene rings is 1. The molecule has 9 rings (SSSR count). The second-order valence-electron chi connectivity index (χ2n) is 18.7. The van der Waals surface area contributed by atoms with E-state index < -0.39 is 69.8 Å². The third kappa shape index (κ3) is 4.59. The molecule has 4 saturated carbocycles. The standard InChI is InChI=1S/C42H59NO10/c1-6-43-20-23-17-37(3)11-9-24(23)42(36(50)21(37)2)40(51,13-14-44)35-31(53-42)19-41(52)26-16-29(47)33-32(22-7-8-27(45)28(46)15-22)34(49)30(48)18-38(33,4)25(26)10-12-39(35,41)5/h7-8,15-17,21,24-25,30-36,43-46,48-52H,6,9-14,18-20H2,1-5H3/t21-,24+,25+,30+,31+,32-,33-,34+,35+,36+,37-,38-,39-,40-,41-,42+/m1/s1. The van der Waals surface area contributed by atoms with E-state index in [0.29, 0.717) is 36.9 Å². The van der Waals surface area contributed by atoms with E-state index in [0.717, 1.165) is 18.5 Å². The number of ether oxygens (including phenoxy) is 1. The number of nitrogens with one attached hydrogen (secondary N) is 1. The molecule has 0 amide bonds. The van der Waals surface area contributed by atoms with E-state index in [2.05, 4.69) is 18.3 Å². The van der Waals surface area contributed by atoms with E-state index in [4.69, 9.17) is 4.74 Å². The highest BCUT2D eigenvalue weighted by atomic mass is 16.6. The lowest BCUT2D eigenvalue weighted by molar-refractivity contribution is -0.245. The summed E-state index contributed by atoms with van der Waals surface area (Å²) in [6, 6.07) is 4.21. The summed E-state index contributed by atoms with van der Waals surface area (Å²) in [7, 11) is 0. The molecule has 1 spiro atoms. The van der Waals surface area contributed by atoms with Crippen molar-refractivity contribution in [1.82, 2.24) is 5.32 Å². The Morgan fingerprint density at radius 3 is 2.38 bits per heavy atom. The third-order valence-corrected chi connectivity index (χ3v) is 16.6. The van der Waals surface area contributed by atoms with Crippen molar-refractivity contribution in [3.63, 3.8) is 0 Å². The molecular formula is C42H59NO10. The number of aliphatic hydroxyl groups excluding tert-OH is 4. The Labute approximate surface area is 311 Å². The second kappa shape index (κ2) is 12.1. The van der Waals surface area contributed by atoms with Gasteiger partial charge in [0.15, 0.2) is 17.3 Å². The van der Waals surface area contributed by atoms with Gasteiger partial charge in [0.1, 0.15) is 11.2 Å². The fraction of sp³-hybridized carbons (Fsp3) is 0.738. The first-order chi connectivity index (χ1) is 24.9. The molecule has 7 aliphatic carbocycles. The number of hydrogen-bond donors (Lipinski definition) is 9. The van der Waals surface area contributed by atoms with Crippen LogP contribution in [-0.2, 0) is 9.53 Å². The lowest BCUT2D eigenvalue weighted by atomic mass is 9.43. The average Bonchev–Trinajstić information content (AvgIpc) is 3.44. The number of phenols is 2. The van der Waals surface area contributed by atoms with Crippen molar-refractivity contribution in [2.75, 3.05) is 19.7 Å². The lowest BCUT2D eigenvalue weighted by Gasteiger charge is -2.62. The topological polar surface area (TPSA) is 200 Å². The first-order valence-corrected chi connectivity index (χ1v) is 19.9. The zero-order chi connectivity index (χ0) is 38.3. The van der Waals surface area contributed by atoms with Crippen molar-refractivity contribution < 1.29 is 50.4 Å².